The van der Waals surface area contributed by atoms with E-state index in [0.717, 1.165) is 38.0 Å². The average Bonchev–Trinajstić information content (AvgIpc) is 3.00. The molecular weight excluding hydrogens is 258 g/mol. The van der Waals surface area contributed by atoms with E-state index in [-0.39, 0.29) is 0 Å². The van der Waals surface area contributed by atoms with Gasteiger partial charge in [-0.05, 0) is 17.7 Å². The van der Waals surface area contributed by atoms with E-state index in [9.17, 15) is 0 Å². The maximum absolute atomic E-state index is 5.37. The Kier molecular flexibility index (Phi) is 3.95. The first-order valence-electron chi connectivity index (χ1n) is 6.47. The number of nitrogens with zero attached hydrogens (tertiary/aromatic N) is 2. The Bertz CT molecular complexity index is 492. The Morgan fingerprint density at radius 3 is 2.68 bits per heavy atom. The van der Waals surface area contributed by atoms with Crippen LogP contribution in [0, 0.1) is 0 Å². The minimum Gasteiger partial charge on any atom is -0.378 e. The maximum Gasteiger partial charge on any atom is 0.182 e. The molecule has 5 heteroatoms. The van der Waals surface area contributed by atoms with Crippen molar-refractivity contribution in [1.29, 1.82) is 0 Å². The molecule has 0 amide bonds. The van der Waals surface area contributed by atoms with E-state index in [0.29, 0.717) is 0 Å². The molecule has 0 saturated carbocycles. The molecule has 2 aromatic rings. The highest BCUT2D eigenvalue weighted by molar-refractivity contribution is 7.13. The van der Waals surface area contributed by atoms with Gasteiger partial charge < -0.3 is 15.0 Å². The normalized spacial score (nSPS) is 15.5. The van der Waals surface area contributed by atoms with Gasteiger partial charge in [-0.1, -0.05) is 12.1 Å². The van der Waals surface area contributed by atoms with Gasteiger partial charge in [0.1, 0.15) is 0 Å². The molecule has 0 unspecified atom stereocenters. The predicted octanol–water partition coefficient (Wildman–Crippen LogP) is 2.59. The molecule has 3 rings (SSSR count). The van der Waals surface area contributed by atoms with Crippen LogP contribution >= 0.6 is 11.3 Å². The van der Waals surface area contributed by atoms with Crippen molar-refractivity contribution < 1.29 is 4.74 Å². The molecule has 0 radical (unpaired) electrons. The molecule has 1 N–H and O–H groups in total. The zero-order valence-electron chi connectivity index (χ0n) is 10.7. The summed E-state index contributed by atoms with van der Waals surface area (Å²) in [7, 11) is 0. The predicted molar refractivity (Wildman–Crippen MR) is 78.9 cm³/mol. The van der Waals surface area contributed by atoms with Crippen molar-refractivity contribution >= 4 is 22.2 Å². The van der Waals surface area contributed by atoms with Crippen LogP contribution in [0.25, 0.3) is 0 Å². The van der Waals surface area contributed by atoms with Gasteiger partial charge in [0, 0.05) is 36.9 Å². The van der Waals surface area contributed by atoms with Crippen LogP contribution in [0.15, 0.2) is 35.8 Å². The fraction of sp³-hybridized carbons (Fsp3) is 0.357. The Morgan fingerprint density at radius 1 is 1.21 bits per heavy atom. The highest BCUT2D eigenvalue weighted by Gasteiger charge is 2.10. The standard InChI is InChI=1S/C14H17N3OS/c1-3-13(17-6-8-18-9-7-17)4-2-12(1)11-16-14-15-5-10-19-14/h1-5,10H,6-9,11H2,(H,15,16). The highest BCUT2D eigenvalue weighted by Crippen LogP contribution is 2.18. The first kappa shape index (κ1) is 12.4. The van der Waals surface area contributed by atoms with Gasteiger partial charge in [0.2, 0.25) is 0 Å². The van der Waals surface area contributed by atoms with E-state index < -0.39 is 0 Å². The molecule has 19 heavy (non-hydrogen) atoms. The molecule has 0 spiro atoms. The van der Waals surface area contributed by atoms with Crippen molar-refractivity contribution in [3.63, 3.8) is 0 Å². The van der Waals surface area contributed by atoms with Crippen molar-refractivity contribution in [2.45, 2.75) is 6.54 Å². The summed E-state index contributed by atoms with van der Waals surface area (Å²) in [6, 6.07) is 8.71. The minimum absolute atomic E-state index is 0.816. The van der Waals surface area contributed by atoms with Gasteiger partial charge in [-0.2, -0.15) is 0 Å². The van der Waals surface area contributed by atoms with Gasteiger partial charge in [0.05, 0.1) is 13.2 Å². The summed E-state index contributed by atoms with van der Waals surface area (Å²) in [6.07, 6.45) is 1.81. The Hall–Kier alpha value is -1.59. The van der Waals surface area contributed by atoms with Gasteiger partial charge >= 0.3 is 0 Å². The Labute approximate surface area is 117 Å². The number of thiazole rings is 1. The zero-order valence-corrected chi connectivity index (χ0v) is 11.5. The third-order valence-corrected chi connectivity index (χ3v) is 3.92. The van der Waals surface area contributed by atoms with Crippen LogP contribution in [0.2, 0.25) is 0 Å². The number of morpholine rings is 1. The summed E-state index contributed by atoms with van der Waals surface area (Å²) in [6.45, 7) is 4.44. The van der Waals surface area contributed by atoms with Gasteiger partial charge in [-0.15, -0.1) is 11.3 Å². The topological polar surface area (TPSA) is 37.4 Å². The van der Waals surface area contributed by atoms with E-state index in [1.807, 2.05) is 11.6 Å². The molecule has 2 heterocycles. The average molecular weight is 275 g/mol. The van der Waals surface area contributed by atoms with E-state index in [4.69, 9.17) is 4.74 Å². The SMILES string of the molecule is c1csc(NCc2ccc(N3CCOCC3)cc2)n1. The number of benzene rings is 1. The lowest BCUT2D eigenvalue weighted by Crippen LogP contribution is -2.36. The number of nitrogens with one attached hydrogen (secondary N) is 1. The Balaban J connectivity index is 1.58. The molecule has 1 aromatic heterocycles. The summed E-state index contributed by atoms with van der Waals surface area (Å²) >= 11 is 1.62. The molecule has 0 bridgehead atoms. The maximum atomic E-state index is 5.37. The van der Waals surface area contributed by atoms with Crippen molar-refractivity contribution in [2.75, 3.05) is 36.5 Å². The van der Waals surface area contributed by atoms with Crippen LogP contribution in [0.4, 0.5) is 10.8 Å². The fourth-order valence-electron chi connectivity index (χ4n) is 2.13. The lowest BCUT2D eigenvalue weighted by atomic mass is 10.2. The van der Waals surface area contributed by atoms with E-state index in [1.165, 1.54) is 11.3 Å². The van der Waals surface area contributed by atoms with Crippen LogP contribution in [0.1, 0.15) is 5.56 Å². The van der Waals surface area contributed by atoms with Crippen molar-refractivity contribution in [3.05, 3.63) is 41.4 Å². The summed E-state index contributed by atoms with van der Waals surface area (Å²) in [5.41, 5.74) is 2.55. The van der Waals surface area contributed by atoms with E-state index in [1.54, 1.807) is 11.3 Å². The molecule has 1 saturated heterocycles. The largest absolute Gasteiger partial charge is 0.378 e. The molecular formula is C14H17N3OS. The van der Waals surface area contributed by atoms with E-state index in [2.05, 4.69) is 39.5 Å². The van der Waals surface area contributed by atoms with Crippen LogP contribution in [0.5, 0.6) is 0 Å². The summed E-state index contributed by atoms with van der Waals surface area (Å²) in [4.78, 5) is 6.57. The highest BCUT2D eigenvalue weighted by atomic mass is 32.1. The lowest BCUT2D eigenvalue weighted by Gasteiger charge is -2.28. The summed E-state index contributed by atoms with van der Waals surface area (Å²) in [5.74, 6) is 0. The monoisotopic (exact) mass is 275 g/mol. The third kappa shape index (κ3) is 3.24. The fourth-order valence-corrected chi connectivity index (χ4v) is 2.66. The first-order chi connectivity index (χ1) is 9.42. The number of rotatable bonds is 4. The van der Waals surface area contributed by atoms with Crippen molar-refractivity contribution in [2.24, 2.45) is 0 Å². The first-order valence-corrected chi connectivity index (χ1v) is 7.35. The summed E-state index contributed by atoms with van der Waals surface area (Å²) < 4.78 is 5.37. The van der Waals surface area contributed by atoms with Gasteiger partial charge in [-0.3, -0.25) is 0 Å². The van der Waals surface area contributed by atoms with Gasteiger partial charge in [-0.25, -0.2) is 4.98 Å². The molecule has 0 aliphatic carbocycles. The Morgan fingerprint density at radius 2 is 2.00 bits per heavy atom. The third-order valence-electron chi connectivity index (χ3n) is 3.19. The minimum atomic E-state index is 0.816. The van der Waals surface area contributed by atoms with Crippen LogP contribution < -0.4 is 10.2 Å². The second-order valence-electron chi connectivity index (χ2n) is 4.46. The second kappa shape index (κ2) is 6.04. The van der Waals surface area contributed by atoms with Gasteiger partial charge in [0.15, 0.2) is 5.13 Å². The molecule has 0 atom stereocenters. The molecule has 100 valence electrons. The number of hydrogen-bond acceptors (Lipinski definition) is 5. The number of ether oxygens (including phenoxy) is 1. The van der Waals surface area contributed by atoms with Crippen molar-refractivity contribution in [1.82, 2.24) is 4.98 Å². The summed E-state index contributed by atoms with van der Waals surface area (Å²) in [5, 5.41) is 6.26. The van der Waals surface area contributed by atoms with Crippen molar-refractivity contribution in [3.8, 4) is 0 Å². The molecule has 1 aliphatic rings. The second-order valence-corrected chi connectivity index (χ2v) is 5.35. The number of aromatic nitrogens is 1. The molecule has 4 nitrogen and oxygen atoms in total. The smallest absolute Gasteiger partial charge is 0.182 e. The van der Waals surface area contributed by atoms with Crippen LogP contribution in [-0.4, -0.2) is 31.3 Å². The molecule has 1 aromatic carbocycles. The molecule has 1 fully saturated rings. The van der Waals surface area contributed by atoms with Crippen LogP contribution in [0.3, 0.4) is 0 Å². The quantitative estimate of drug-likeness (QED) is 0.930. The lowest BCUT2D eigenvalue weighted by molar-refractivity contribution is 0.122. The number of hydrogen-bond donors (Lipinski definition) is 1. The zero-order chi connectivity index (χ0) is 12.9. The molecule has 1 aliphatic heterocycles. The number of anilines is 2. The van der Waals surface area contributed by atoms with Gasteiger partial charge in [0.25, 0.3) is 0 Å². The van der Waals surface area contributed by atoms with Crippen LogP contribution in [-0.2, 0) is 11.3 Å². The van der Waals surface area contributed by atoms with E-state index >= 15 is 0 Å².